The number of sulfonamides is 2. The fourth-order valence-electron chi connectivity index (χ4n) is 9.21. The highest BCUT2D eigenvalue weighted by molar-refractivity contribution is 7.86. The van der Waals surface area contributed by atoms with Crippen molar-refractivity contribution in [2.45, 2.75) is 98.9 Å². The number of carbonyl (C=O) groups excluding carboxylic acids is 1. The van der Waals surface area contributed by atoms with Gasteiger partial charge in [0.15, 0.2) is 18.7 Å². The minimum atomic E-state index is -3.77. The van der Waals surface area contributed by atoms with E-state index in [1.807, 2.05) is 41.1 Å². The third-order valence-electron chi connectivity index (χ3n) is 12.5. The van der Waals surface area contributed by atoms with E-state index in [1.54, 1.807) is 73.4 Å². The lowest BCUT2D eigenvalue weighted by molar-refractivity contribution is -0.257. The van der Waals surface area contributed by atoms with Gasteiger partial charge in [0.1, 0.15) is 32.8 Å². The Morgan fingerprint density at radius 2 is 1.16 bits per heavy atom. The number of rotatable bonds is 8. The fraction of sp³-hybridized carbons (Fsp3) is 0.326. The van der Waals surface area contributed by atoms with Crippen LogP contribution in [0.25, 0.3) is 11.3 Å². The minimum absolute atomic E-state index is 0. The van der Waals surface area contributed by atoms with Crippen LogP contribution in [0.3, 0.4) is 0 Å². The Hall–Kier alpha value is -6.02. The first-order valence-corrected chi connectivity index (χ1v) is 23.5. The van der Waals surface area contributed by atoms with Gasteiger partial charge in [0.25, 0.3) is 0 Å². The largest absolute Gasteiger partial charge is 0.358 e. The summed E-state index contributed by atoms with van der Waals surface area (Å²) in [7, 11) is -7.49. The maximum Gasteiger partial charge on any atom is 0.358 e. The summed E-state index contributed by atoms with van der Waals surface area (Å²) in [6, 6.07) is 15.9. The first kappa shape index (κ1) is 42.3. The number of carbonyl (C=O) groups is 1. The lowest BCUT2D eigenvalue weighted by Crippen LogP contribution is -2.17. The molecule has 4 atom stereocenters. The van der Waals surface area contributed by atoms with E-state index in [4.69, 9.17) is 5.73 Å². The zero-order valence-electron chi connectivity index (χ0n) is 34.5. The number of nitrogens with two attached hydrogens (primary N) is 1. The Labute approximate surface area is 369 Å². The van der Waals surface area contributed by atoms with E-state index in [0.717, 1.165) is 79.0 Å². The molecule has 0 radical (unpaired) electrons. The molecule has 2 N–H and O–H groups in total. The van der Waals surface area contributed by atoms with Crippen molar-refractivity contribution in [2.24, 2.45) is 5.73 Å². The molecule has 4 aliphatic rings. The van der Waals surface area contributed by atoms with Crippen LogP contribution in [-0.4, -0.2) is 93.3 Å². The lowest BCUT2D eigenvalue weighted by Gasteiger charge is -2.13. The Morgan fingerprint density at radius 3 is 1.62 bits per heavy atom. The van der Waals surface area contributed by atoms with Gasteiger partial charge >= 0.3 is 31.7 Å². The van der Waals surface area contributed by atoms with Gasteiger partial charge in [-0.05, 0) is 92.7 Å². The normalized spacial score (nSPS) is 20.5. The molecular formula is C43H45ClN12O5S2+2. The predicted octanol–water partition coefficient (Wildman–Crippen LogP) is 5.32. The molecule has 324 valence electrons. The molecule has 20 heteroatoms. The van der Waals surface area contributed by atoms with Gasteiger partial charge in [-0.25, -0.2) is 0 Å². The van der Waals surface area contributed by atoms with E-state index in [0.29, 0.717) is 41.3 Å². The molecule has 2 aliphatic carbocycles. The van der Waals surface area contributed by atoms with E-state index in [1.165, 1.54) is 7.96 Å². The van der Waals surface area contributed by atoms with E-state index >= 15 is 0 Å². The SMILES string of the molecule is Cc1ccc(S(=O)(=O)[N+]2=CCc3c2ncc2nnc([C@@H]4CC[C@H](N)C4)n32)cc1.Cc1ccc(S(=O)(=O)[N+]2=CCc3c2ncc2nnc([C@@H]4CC[C@H](n5ccc(C=O)c5)C4)n32)cc1.Cl. The second kappa shape index (κ2) is 16.3. The van der Waals surface area contributed by atoms with Crippen LogP contribution in [-0.2, 0) is 32.9 Å². The summed E-state index contributed by atoms with van der Waals surface area (Å²) in [6.45, 7) is 3.85. The summed E-state index contributed by atoms with van der Waals surface area (Å²) in [6.07, 6.45) is 17.6. The second-order valence-electron chi connectivity index (χ2n) is 16.5. The standard InChI is InChI=1S/C24H23N6O3S.C19H21N6O2S.ClH/c1-16-2-6-20(7-3-16)34(32,33)29-11-9-21-24(29)25-13-22-26-27-23(30(21)22)18-4-5-19(12-18)28-10-8-17(14-28)15-31;1-12-2-6-15(7-3-12)28(26,27)24-9-8-16-19(24)21-11-17-22-23-18(25(16)17)13-4-5-14(20)10-13;/h2-3,6-8,10-11,13-15,18-19H,4-5,9,12H2,1H3;2-3,6-7,9,11,13-14H,4-5,8,10,20H2,1H3;1H/q2*+1;/t18-,19+;13-,14+;/m11./s1. The smallest absolute Gasteiger partial charge is 0.350 e. The van der Waals surface area contributed by atoms with Gasteiger partial charge in [-0.3, -0.25) is 13.6 Å². The van der Waals surface area contributed by atoms with Crippen LogP contribution < -0.4 is 5.73 Å². The Kier molecular flexibility index (Phi) is 10.9. The number of fused-ring (bicyclic) bond motifs is 6. The third kappa shape index (κ3) is 7.35. The van der Waals surface area contributed by atoms with Crippen molar-refractivity contribution < 1.29 is 29.6 Å². The minimum Gasteiger partial charge on any atom is -0.350 e. The average Bonchev–Trinajstić information content (AvgIpc) is 4.12. The van der Waals surface area contributed by atoms with Gasteiger partial charge in [0.2, 0.25) is 11.3 Å². The van der Waals surface area contributed by atoms with Crippen molar-refractivity contribution in [3.63, 3.8) is 0 Å². The van der Waals surface area contributed by atoms with Crippen LogP contribution in [0.4, 0.5) is 11.6 Å². The second-order valence-corrected chi connectivity index (χ2v) is 20.1. The average molecular weight is 909 g/mol. The summed E-state index contributed by atoms with van der Waals surface area (Å²) in [4.78, 5) is 20.4. The number of nitrogens with zero attached hydrogens (tertiary/aromatic N) is 11. The molecule has 17 nitrogen and oxygen atoms in total. The van der Waals surface area contributed by atoms with Crippen molar-refractivity contribution in [1.82, 2.24) is 43.7 Å². The maximum absolute atomic E-state index is 13.3. The van der Waals surface area contributed by atoms with E-state index in [-0.39, 0.29) is 46.1 Å². The fourth-order valence-corrected chi connectivity index (χ4v) is 11.9. The third-order valence-corrected chi connectivity index (χ3v) is 15.9. The Bertz CT molecular complexity index is 3210. The van der Waals surface area contributed by atoms with Crippen LogP contribution in [0.5, 0.6) is 0 Å². The molecule has 2 aliphatic heterocycles. The summed E-state index contributed by atoms with van der Waals surface area (Å²) in [5.74, 6) is 2.91. The highest BCUT2D eigenvalue weighted by Crippen LogP contribution is 2.42. The van der Waals surface area contributed by atoms with Crippen LogP contribution in [0, 0.1) is 13.8 Å². The van der Waals surface area contributed by atoms with Crippen molar-refractivity contribution >= 4 is 74.1 Å². The molecule has 2 saturated carbocycles. The Morgan fingerprint density at radius 1 is 0.667 bits per heavy atom. The monoisotopic (exact) mass is 908 g/mol. The van der Waals surface area contributed by atoms with E-state index in [2.05, 4.69) is 34.9 Å². The number of hydrogen-bond donors (Lipinski definition) is 1. The number of aryl methyl sites for hydroxylation is 2. The van der Waals surface area contributed by atoms with Crippen molar-refractivity contribution in [3.8, 4) is 0 Å². The van der Waals surface area contributed by atoms with Crippen molar-refractivity contribution in [1.29, 1.82) is 0 Å². The van der Waals surface area contributed by atoms with Gasteiger partial charge in [-0.1, -0.05) is 35.4 Å². The number of aldehydes is 1. The summed E-state index contributed by atoms with van der Waals surface area (Å²) in [5.41, 5.74) is 11.6. The molecule has 5 aromatic heterocycles. The summed E-state index contributed by atoms with van der Waals surface area (Å²) in [5, 5.41) is 17.4. The highest BCUT2D eigenvalue weighted by atomic mass is 35.5. The lowest BCUT2D eigenvalue weighted by atomic mass is 10.1. The molecule has 0 amide bonds. The number of aromatic nitrogens is 9. The zero-order valence-corrected chi connectivity index (χ0v) is 36.9. The van der Waals surface area contributed by atoms with E-state index < -0.39 is 20.0 Å². The van der Waals surface area contributed by atoms with Gasteiger partial charge in [0.05, 0.1) is 25.3 Å². The molecule has 7 aromatic rings. The number of benzene rings is 2. The van der Waals surface area contributed by atoms with Crippen molar-refractivity contribution in [2.75, 3.05) is 0 Å². The summed E-state index contributed by atoms with van der Waals surface area (Å²) >= 11 is 0. The molecule has 2 fully saturated rings. The maximum atomic E-state index is 13.3. The molecule has 0 saturated heterocycles. The van der Waals surface area contributed by atoms with Gasteiger partial charge in [0, 0.05) is 41.9 Å². The first-order chi connectivity index (χ1) is 29.9. The van der Waals surface area contributed by atoms with Crippen LogP contribution in [0.1, 0.15) is 101 Å². The summed E-state index contributed by atoms with van der Waals surface area (Å²) < 4.78 is 61.6. The van der Waals surface area contributed by atoms with Crippen molar-refractivity contribution in [3.05, 3.63) is 119 Å². The zero-order chi connectivity index (χ0) is 42.9. The van der Waals surface area contributed by atoms with E-state index in [9.17, 15) is 21.6 Å². The van der Waals surface area contributed by atoms with Crippen LogP contribution in [0.15, 0.2) is 89.2 Å². The molecule has 63 heavy (non-hydrogen) atoms. The molecule has 2 aromatic carbocycles. The van der Waals surface area contributed by atoms with Gasteiger partial charge in [-0.2, -0.15) is 16.8 Å². The first-order valence-electron chi connectivity index (χ1n) is 20.6. The highest BCUT2D eigenvalue weighted by Gasteiger charge is 2.40. The Balaban J connectivity index is 0.000000160. The van der Waals surface area contributed by atoms with Crippen LogP contribution >= 0.6 is 12.4 Å². The molecule has 7 heterocycles. The van der Waals surface area contributed by atoms with Gasteiger partial charge in [-0.15, -0.1) is 40.8 Å². The molecule has 0 spiro atoms. The topological polar surface area (TPSA) is 208 Å². The molecular weight excluding hydrogens is 864 g/mol. The number of halogens is 1. The molecule has 11 rings (SSSR count). The number of hydrogen-bond acceptors (Lipinski definition) is 12. The molecule has 0 unspecified atom stereocenters. The predicted molar refractivity (Wildman–Crippen MR) is 235 cm³/mol. The van der Waals surface area contributed by atoms with Crippen LogP contribution in [0.2, 0.25) is 0 Å². The van der Waals surface area contributed by atoms with Gasteiger partial charge < -0.3 is 10.3 Å². The molecule has 0 bridgehead atoms. The quantitative estimate of drug-likeness (QED) is 0.152.